The molecule has 1 N–H and O–H groups in total. The van der Waals surface area contributed by atoms with Gasteiger partial charge in [0.2, 0.25) is 0 Å². The van der Waals surface area contributed by atoms with Crippen molar-refractivity contribution in [2.45, 2.75) is 39.2 Å². The quantitative estimate of drug-likeness (QED) is 0.723. The zero-order valence-corrected chi connectivity index (χ0v) is 9.63. The Bertz CT molecular complexity index is 179. The van der Waals surface area contributed by atoms with Crippen molar-refractivity contribution in [3.63, 3.8) is 0 Å². The van der Waals surface area contributed by atoms with Gasteiger partial charge in [-0.05, 0) is 44.2 Å². The van der Waals surface area contributed by atoms with Gasteiger partial charge < -0.3 is 5.32 Å². The van der Waals surface area contributed by atoms with E-state index in [2.05, 4.69) is 24.1 Å². The van der Waals surface area contributed by atoms with E-state index < -0.39 is 0 Å². The summed E-state index contributed by atoms with van der Waals surface area (Å²) in [6, 6.07) is 0.806. The average molecular weight is 196 g/mol. The SMILES string of the molecule is CC(C)CC1CNCC2CCCN1C2. The molecule has 2 saturated heterocycles. The first-order chi connectivity index (χ1) is 6.75. The maximum Gasteiger partial charge on any atom is 0.0223 e. The van der Waals surface area contributed by atoms with Crippen LogP contribution in [0.4, 0.5) is 0 Å². The van der Waals surface area contributed by atoms with Crippen LogP contribution in [0, 0.1) is 11.8 Å². The predicted molar refractivity (Wildman–Crippen MR) is 60.4 cm³/mol. The smallest absolute Gasteiger partial charge is 0.0223 e. The maximum atomic E-state index is 3.63. The lowest BCUT2D eigenvalue weighted by atomic mass is 9.96. The van der Waals surface area contributed by atoms with E-state index in [0.29, 0.717) is 0 Å². The van der Waals surface area contributed by atoms with Gasteiger partial charge >= 0.3 is 0 Å². The second kappa shape index (κ2) is 4.63. The van der Waals surface area contributed by atoms with Crippen LogP contribution in [0.3, 0.4) is 0 Å². The Hall–Kier alpha value is -0.0800. The topological polar surface area (TPSA) is 15.3 Å². The van der Waals surface area contributed by atoms with Gasteiger partial charge in [0.25, 0.3) is 0 Å². The number of nitrogens with zero attached hydrogens (tertiary/aromatic N) is 1. The Balaban J connectivity index is 1.95. The normalized spacial score (nSPS) is 38.4. The molecular weight excluding hydrogens is 172 g/mol. The van der Waals surface area contributed by atoms with Crippen LogP contribution in [0.1, 0.15) is 33.1 Å². The van der Waals surface area contributed by atoms with Crippen LogP contribution < -0.4 is 5.32 Å². The Labute approximate surface area is 88.1 Å². The van der Waals surface area contributed by atoms with Crippen LogP contribution in [0.2, 0.25) is 0 Å². The highest BCUT2D eigenvalue weighted by Gasteiger charge is 2.28. The lowest BCUT2D eigenvalue weighted by Crippen LogP contribution is -2.43. The minimum absolute atomic E-state index is 0.806. The molecule has 2 rings (SSSR count). The van der Waals surface area contributed by atoms with Crippen LogP contribution >= 0.6 is 0 Å². The summed E-state index contributed by atoms with van der Waals surface area (Å²) >= 11 is 0. The maximum absolute atomic E-state index is 3.63. The number of nitrogens with one attached hydrogen (secondary N) is 1. The number of hydrogen-bond acceptors (Lipinski definition) is 2. The van der Waals surface area contributed by atoms with E-state index in [4.69, 9.17) is 0 Å². The molecule has 0 aliphatic carbocycles. The fourth-order valence-electron chi connectivity index (χ4n) is 2.96. The van der Waals surface area contributed by atoms with Gasteiger partial charge in [-0.2, -0.15) is 0 Å². The summed E-state index contributed by atoms with van der Waals surface area (Å²) < 4.78 is 0. The van der Waals surface area contributed by atoms with Crippen molar-refractivity contribution in [3.8, 4) is 0 Å². The summed E-state index contributed by atoms with van der Waals surface area (Å²) in [5, 5.41) is 3.63. The first-order valence-electron chi connectivity index (χ1n) is 6.20. The third kappa shape index (κ3) is 2.48. The molecule has 2 nitrogen and oxygen atoms in total. The zero-order chi connectivity index (χ0) is 9.97. The van der Waals surface area contributed by atoms with Crippen molar-refractivity contribution >= 4 is 0 Å². The standard InChI is InChI=1S/C12H24N2/c1-10(2)6-12-8-13-7-11-4-3-5-14(12)9-11/h10-13H,3-9H2,1-2H3. The van der Waals surface area contributed by atoms with Gasteiger partial charge in [0, 0.05) is 19.1 Å². The number of rotatable bonds is 2. The van der Waals surface area contributed by atoms with Crippen LogP contribution in [-0.2, 0) is 0 Å². The van der Waals surface area contributed by atoms with E-state index >= 15 is 0 Å². The molecule has 0 amide bonds. The molecule has 3 unspecified atom stereocenters. The van der Waals surface area contributed by atoms with E-state index in [1.807, 2.05) is 0 Å². The number of hydrogen-bond donors (Lipinski definition) is 1. The lowest BCUT2D eigenvalue weighted by Gasteiger charge is -2.35. The van der Waals surface area contributed by atoms with Gasteiger partial charge in [0.15, 0.2) is 0 Å². The number of fused-ring (bicyclic) bond motifs is 2. The van der Waals surface area contributed by atoms with Crippen LogP contribution in [-0.4, -0.2) is 37.1 Å². The summed E-state index contributed by atoms with van der Waals surface area (Å²) in [5.74, 6) is 1.76. The summed E-state index contributed by atoms with van der Waals surface area (Å²) in [5.41, 5.74) is 0. The largest absolute Gasteiger partial charge is 0.315 e. The Morgan fingerprint density at radius 3 is 3.00 bits per heavy atom. The third-order valence-electron chi connectivity index (χ3n) is 3.62. The fraction of sp³-hybridized carbons (Fsp3) is 1.00. The van der Waals surface area contributed by atoms with Crippen molar-refractivity contribution in [1.82, 2.24) is 10.2 Å². The van der Waals surface area contributed by atoms with Crippen LogP contribution in [0.25, 0.3) is 0 Å². The van der Waals surface area contributed by atoms with Crippen molar-refractivity contribution in [2.24, 2.45) is 11.8 Å². The highest BCUT2D eigenvalue weighted by molar-refractivity contribution is 4.85. The molecule has 2 aliphatic heterocycles. The lowest BCUT2D eigenvalue weighted by molar-refractivity contribution is 0.133. The molecule has 3 atom stereocenters. The van der Waals surface area contributed by atoms with Gasteiger partial charge in [0.1, 0.15) is 0 Å². The highest BCUT2D eigenvalue weighted by Crippen LogP contribution is 2.23. The molecule has 0 radical (unpaired) electrons. The number of piperidine rings is 1. The minimum atomic E-state index is 0.806. The predicted octanol–water partition coefficient (Wildman–Crippen LogP) is 1.72. The molecule has 14 heavy (non-hydrogen) atoms. The third-order valence-corrected chi connectivity index (χ3v) is 3.62. The van der Waals surface area contributed by atoms with E-state index in [1.54, 1.807) is 0 Å². The Morgan fingerprint density at radius 1 is 1.36 bits per heavy atom. The van der Waals surface area contributed by atoms with Crippen molar-refractivity contribution in [3.05, 3.63) is 0 Å². The van der Waals surface area contributed by atoms with E-state index in [-0.39, 0.29) is 0 Å². The van der Waals surface area contributed by atoms with Crippen molar-refractivity contribution < 1.29 is 0 Å². The second-order valence-corrected chi connectivity index (χ2v) is 5.44. The molecule has 2 heterocycles. The molecule has 0 aromatic heterocycles. The van der Waals surface area contributed by atoms with E-state index in [1.165, 1.54) is 45.4 Å². The molecule has 2 aliphatic rings. The molecule has 0 aromatic carbocycles. The monoisotopic (exact) mass is 196 g/mol. The minimum Gasteiger partial charge on any atom is -0.315 e. The molecule has 0 saturated carbocycles. The van der Waals surface area contributed by atoms with Gasteiger partial charge in [-0.25, -0.2) is 0 Å². The molecule has 0 aromatic rings. The first-order valence-corrected chi connectivity index (χ1v) is 6.20. The summed E-state index contributed by atoms with van der Waals surface area (Å²) in [6.07, 6.45) is 4.22. The zero-order valence-electron chi connectivity index (χ0n) is 9.63. The Morgan fingerprint density at radius 2 is 2.21 bits per heavy atom. The van der Waals surface area contributed by atoms with Crippen molar-refractivity contribution in [2.75, 3.05) is 26.2 Å². The van der Waals surface area contributed by atoms with Gasteiger partial charge in [-0.1, -0.05) is 13.8 Å². The van der Waals surface area contributed by atoms with E-state index in [9.17, 15) is 0 Å². The molecule has 2 fully saturated rings. The van der Waals surface area contributed by atoms with Crippen molar-refractivity contribution in [1.29, 1.82) is 0 Å². The summed E-state index contributed by atoms with van der Waals surface area (Å²) in [7, 11) is 0. The van der Waals surface area contributed by atoms with Gasteiger partial charge in [-0.3, -0.25) is 4.90 Å². The fourth-order valence-corrected chi connectivity index (χ4v) is 2.96. The van der Waals surface area contributed by atoms with Crippen LogP contribution in [0.15, 0.2) is 0 Å². The molecule has 2 bridgehead atoms. The molecule has 2 heteroatoms. The molecular formula is C12H24N2. The average Bonchev–Trinajstić information content (AvgIpc) is 2.27. The Kier molecular flexibility index (Phi) is 3.45. The summed E-state index contributed by atoms with van der Waals surface area (Å²) in [6.45, 7) is 9.85. The van der Waals surface area contributed by atoms with E-state index in [0.717, 1.165) is 17.9 Å². The first kappa shape index (κ1) is 10.4. The molecule has 0 spiro atoms. The van der Waals surface area contributed by atoms with Gasteiger partial charge in [0.05, 0.1) is 0 Å². The molecule has 82 valence electrons. The second-order valence-electron chi connectivity index (χ2n) is 5.44. The summed E-state index contributed by atoms with van der Waals surface area (Å²) in [4.78, 5) is 2.73. The van der Waals surface area contributed by atoms with Crippen LogP contribution in [0.5, 0.6) is 0 Å². The van der Waals surface area contributed by atoms with Gasteiger partial charge in [-0.15, -0.1) is 0 Å². The highest BCUT2D eigenvalue weighted by atomic mass is 15.2.